The normalized spacial score (nSPS) is 14.0. The van der Waals surface area contributed by atoms with Gasteiger partial charge in [0.05, 0.1) is 5.56 Å². The van der Waals surface area contributed by atoms with Crippen LogP contribution in [0.4, 0.5) is 17.6 Å². The molecule has 0 spiro atoms. The van der Waals surface area contributed by atoms with Crippen LogP contribution in [0.5, 0.6) is 0 Å². The first kappa shape index (κ1) is 18.8. The lowest BCUT2D eigenvalue weighted by atomic mass is 10.1. The van der Waals surface area contributed by atoms with Gasteiger partial charge in [-0.2, -0.15) is 0 Å². The van der Waals surface area contributed by atoms with Gasteiger partial charge < -0.3 is 15.1 Å². The van der Waals surface area contributed by atoms with E-state index < -0.39 is 0 Å². The molecule has 1 aliphatic heterocycles. The fourth-order valence-corrected chi connectivity index (χ4v) is 3.19. The number of nitrogens with zero attached hydrogens (tertiary/aromatic N) is 6. The van der Waals surface area contributed by atoms with Gasteiger partial charge in [-0.15, -0.1) is 0 Å². The zero-order chi connectivity index (χ0) is 20.2. The highest BCUT2D eigenvalue weighted by atomic mass is 16.1. The summed E-state index contributed by atoms with van der Waals surface area (Å²) in [5, 5.41) is 2.90. The standard InChI is InChI=1S/C21H23N7O/c1-15-4-5-18(12-16(15)2)26-19(29)17-13-24-21(25-14-17)28-10-8-27(9-11-28)20-22-6-3-7-23-20/h3-7,12-14H,8-11H2,1-2H3,(H,26,29). The van der Waals surface area contributed by atoms with Crippen molar-refractivity contribution in [2.45, 2.75) is 13.8 Å². The number of hydrogen-bond donors (Lipinski definition) is 1. The second kappa shape index (κ2) is 8.22. The summed E-state index contributed by atoms with van der Waals surface area (Å²) in [6.45, 7) is 7.19. The van der Waals surface area contributed by atoms with E-state index >= 15 is 0 Å². The van der Waals surface area contributed by atoms with Crippen molar-refractivity contribution in [3.63, 3.8) is 0 Å². The summed E-state index contributed by atoms with van der Waals surface area (Å²) in [6.07, 6.45) is 6.65. The van der Waals surface area contributed by atoms with Crippen LogP contribution in [-0.2, 0) is 0 Å². The summed E-state index contributed by atoms with van der Waals surface area (Å²) >= 11 is 0. The Morgan fingerprint density at radius 1 is 0.862 bits per heavy atom. The SMILES string of the molecule is Cc1ccc(NC(=O)c2cnc(N3CCN(c4ncccn4)CC3)nc2)cc1C. The molecule has 0 radical (unpaired) electrons. The molecule has 148 valence electrons. The van der Waals surface area contributed by atoms with Gasteiger partial charge in [-0.05, 0) is 43.2 Å². The Balaban J connectivity index is 1.36. The molecular formula is C21H23N7O. The Kier molecular flexibility index (Phi) is 5.33. The maximum Gasteiger partial charge on any atom is 0.258 e. The molecule has 1 aliphatic rings. The van der Waals surface area contributed by atoms with Crippen molar-refractivity contribution in [2.24, 2.45) is 0 Å². The Morgan fingerprint density at radius 3 is 2.03 bits per heavy atom. The van der Waals surface area contributed by atoms with Crippen molar-refractivity contribution in [1.82, 2.24) is 19.9 Å². The first-order chi connectivity index (χ1) is 14.1. The molecule has 1 aromatic carbocycles. The molecule has 1 fully saturated rings. The van der Waals surface area contributed by atoms with Gasteiger partial charge >= 0.3 is 0 Å². The zero-order valence-electron chi connectivity index (χ0n) is 16.5. The molecule has 1 saturated heterocycles. The van der Waals surface area contributed by atoms with E-state index in [0.717, 1.165) is 43.4 Å². The van der Waals surface area contributed by atoms with Crippen LogP contribution in [0.25, 0.3) is 0 Å². The highest BCUT2D eigenvalue weighted by Crippen LogP contribution is 2.17. The number of aromatic nitrogens is 4. The minimum Gasteiger partial charge on any atom is -0.337 e. The summed E-state index contributed by atoms with van der Waals surface area (Å²) < 4.78 is 0. The smallest absolute Gasteiger partial charge is 0.258 e. The van der Waals surface area contributed by atoms with E-state index in [0.29, 0.717) is 11.5 Å². The average molecular weight is 389 g/mol. The van der Waals surface area contributed by atoms with Crippen molar-refractivity contribution in [1.29, 1.82) is 0 Å². The highest BCUT2D eigenvalue weighted by molar-refractivity contribution is 6.03. The van der Waals surface area contributed by atoms with Crippen molar-refractivity contribution in [2.75, 3.05) is 41.3 Å². The van der Waals surface area contributed by atoms with E-state index in [4.69, 9.17) is 0 Å². The summed E-state index contributed by atoms with van der Waals surface area (Å²) in [4.78, 5) is 34.1. The molecule has 0 aliphatic carbocycles. The number of hydrogen-bond acceptors (Lipinski definition) is 7. The molecule has 0 saturated carbocycles. The Hall–Kier alpha value is -3.55. The first-order valence-electron chi connectivity index (χ1n) is 9.58. The van der Waals surface area contributed by atoms with E-state index in [2.05, 4.69) is 35.1 Å². The van der Waals surface area contributed by atoms with Gasteiger partial charge in [0, 0.05) is 56.7 Å². The monoisotopic (exact) mass is 389 g/mol. The van der Waals surface area contributed by atoms with Crippen LogP contribution in [0, 0.1) is 13.8 Å². The number of rotatable bonds is 4. The van der Waals surface area contributed by atoms with Crippen LogP contribution in [0.1, 0.15) is 21.5 Å². The van der Waals surface area contributed by atoms with Gasteiger partial charge in [-0.3, -0.25) is 4.79 Å². The van der Waals surface area contributed by atoms with Crippen molar-refractivity contribution >= 4 is 23.5 Å². The van der Waals surface area contributed by atoms with Crippen molar-refractivity contribution < 1.29 is 4.79 Å². The second-order valence-electron chi connectivity index (χ2n) is 7.05. The molecular weight excluding hydrogens is 366 g/mol. The predicted octanol–water partition coefficient (Wildman–Crippen LogP) is 2.46. The third-order valence-corrected chi connectivity index (χ3v) is 5.06. The summed E-state index contributed by atoms with van der Waals surface area (Å²) in [5.41, 5.74) is 3.52. The lowest BCUT2D eigenvalue weighted by molar-refractivity contribution is 0.102. The Bertz CT molecular complexity index is 984. The molecule has 0 unspecified atom stereocenters. The summed E-state index contributed by atoms with van der Waals surface area (Å²) in [5.74, 6) is 1.15. The maximum atomic E-state index is 12.5. The number of aryl methyl sites for hydroxylation is 2. The Morgan fingerprint density at radius 2 is 1.45 bits per heavy atom. The van der Waals surface area contributed by atoms with Gasteiger partial charge in [0.2, 0.25) is 11.9 Å². The number of amides is 1. The molecule has 0 bridgehead atoms. The molecule has 8 heteroatoms. The van der Waals surface area contributed by atoms with E-state index in [1.54, 1.807) is 24.8 Å². The average Bonchev–Trinajstić information content (AvgIpc) is 2.77. The first-order valence-corrected chi connectivity index (χ1v) is 9.58. The lowest BCUT2D eigenvalue weighted by Gasteiger charge is -2.34. The molecule has 4 rings (SSSR count). The molecule has 1 amide bonds. The number of nitrogens with one attached hydrogen (secondary N) is 1. The van der Waals surface area contributed by atoms with Crippen LogP contribution < -0.4 is 15.1 Å². The molecule has 29 heavy (non-hydrogen) atoms. The van der Waals surface area contributed by atoms with Crippen LogP contribution in [-0.4, -0.2) is 52.0 Å². The number of carbonyl (C=O) groups excluding carboxylic acids is 1. The molecule has 8 nitrogen and oxygen atoms in total. The van der Waals surface area contributed by atoms with Gasteiger partial charge in [0.15, 0.2) is 0 Å². The third kappa shape index (κ3) is 4.31. The molecule has 2 aromatic heterocycles. The van der Waals surface area contributed by atoms with Crippen molar-refractivity contribution in [3.05, 3.63) is 65.7 Å². The minimum absolute atomic E-state index is 0.217. The minimum atomic E-state index is -0.217. The Labute approximate surface area is 169 Å². The quantitative estimate of drug-likeness (QED) is 0.733. The van der Waals surface area contributed by atoms with E-state index in [1.807, 2.05) is 38.1 Å². The van der Waals surface area contributed by atoms with Gasteiger partial charge in [0.25, 0.3) is 5.91 Å². The highest BCUT2D eigenvalue weighted by Gasteiger charge is 2.21. The van der Waals surface area contributed by atoms with E-state index in [9.17, 15) is 4.79 Å². The third-order valence-electron chi connectivity index (χ3n) is 5.06. The number of piperazine rings is 1. The topological polar surface area (TPSA) is 87.1 Å². The maximum absolute atomic E-state index is 12.5. The lowest BCUT2D eigenvalue weighted by Crippen LogP contribution is -2.47. The second-order valence-corrected chi connectivity index (χ2v) is 7.05. The van der Waals surface area contributed by atoms with Gasteiger partial charge in [-0.1, -0.05) is 6.07 Å². The van der Waals surface area contributed by atoms with Crippen LogP contribution in [0.3, 0.4) is 0 Å². The van der Waals surface area contributed by atoms with Gasteiger partial charge in [0.1, 0.15) is 0 Å². The van der Waals surface area contributed by atoms with Crippen LogP contribution >= 0.6 is 0 Å². The van der Waals surface area contributed by atoms with Crippen LogP contribution in [0.2, 0.25) is 0 Å². The molecule has 1 N–H and O–H groups in total. The summed E-state index contributed by atoms with van der Waals surface area (Å²) in [7, 11) is 0. The number of benzene rings is 1. The fourth-order valence-electron chi connectivity index (χ4n) is 3.19. The summed E-state index contributed by atoms with van der Waals surface area (Å²) in [6, 6.07) is 7.65. The zero-order valence-corrected chi connectivity index (χ0v) is 16.5. The predicted molar refractivity (Wildman–Crippen MR) is 112 cm³/mol. The number of carbonyl (C=O) groups is 1. The van der Waals surface area contributed by atoms with E-state index in [-0.39, 0.29) is 5.91 Å². The van der Waals surface area contributed by atoms with Gasteiger partial charge in [-0.25, -0.2) is 19.9 Å². The molecule has 0 atom stereocenters. The molecule has 3 heterocycles. The number of anilines is 3. The van der Waals surface area contributed by atoms with Crippen molar-refractivity contribution in [3.8, 4) is 0 Å². The fraction of sp³-hybridized carbons (Fsp3) is 0.286. The molecule has 3 aromatic rings. The largest absolute Gasteiger partial charge is 0.337 e. The van der Waals surface area contributed by atoms with Crippen LogP contribution in [0.15, 0.2) is 49.1 Å². The van der Waals surface area contributed by atoms with E-state index in [1.165, 1.54) is 5.56 Å².